The summed E-state index contributed by atoms with van der Waals surface area (Å²) in [5.41, 5.74) is 3.68. The summed E-state index contributed by atoms with van der Waals surface area (Å²) in [5, 5.41) is 17.9. The first-order valence-corrected chi connectivity index (χ1v) is 8.27. The Morgan fingerprint density at radius 3 is 2.64 bits per heavy atom. The second-order valence-corrected chi connectivity index (χ2v) is 5.80. The van der Waals surface area contributed by atoms with E-state index in [0.717, 1.165) is 11.4 Å². The molecule has 22 heavy (non-hydrogen) atoms. The summed E-state index contributed by atoms with van der Waals surface area (Å²) in [5.74, 6) is 0. The number of nitrogens with zero attached hydrogens (tertiary/aromatic N) is 3. The van der Waals surface area contributed by atoms with Gasteiger partial charge in [-0.1, -0.05) is 41.6 Å². The molecule has 0 unspecified atom stereocenters. The molecule has 0 aliphatic rings. The standard InChI is InChI=1S/C17H17N3OS/c1-22-15-9-5-8-14(11-15)20-17(16(12-21)18-19-20)10-13-6-3-2-4-7-13/h2-9,11,21H,10,12H2,1H3. The molecule has 5 heteroatoms. The predicted molar refractivity (Wildman–Crippen MR) is 88.3 cm³/mol. The molecule has 0 saturated heterocycles. The van der Waals surface area contributed by atoms with Crippen molar-refractivity contribution < 1.29 is 5.11 Å². The van der Waals surface area contributed by atoms with Gasteiger partial charge in [0.25, 0.3) is 0 Å². The smallest absolute Gasteiger partial charge is 0.112 e. The van der Waals surface area contributed by atoms with E-state index in [4.69, 9.17) is 0 Å². The zero-order valence-corrected chi connectivity index (χ0v) is 13.1. The third-order valence-corrected chi connectivity index (χ3v) is 4.23. The van der Waals surface area contributed by atoms with E-state index >= 15 is 0 Å². The molecule has 0 aliphatic carbocycles. The van der Waals surface area contributed by atoms with Gasteiger partial charge in [-0.3, -0.25) is 0 Å². The quantitative estimate of drug-likeness (QED) is 0.736. The Morgan fingerprint density at radius 1 is 1.09 bits per heavy atom. The minimum atomic E-state index is -0.107. The van der Waals surface area contributed by atoms with Gasteiger partial charge in [0.15, 0.2) is 0 Å². The summed E-state index contributed by atoms with van der Waals surface area (Å²) in [7, 11) is 0. The van der Waals surface area contributed by atoms with E-state index in [2.05, 4.69) is 34.6 Å². The topological polar surface area (TPSA) is 50.9 Å². The Hall–Kier alpha value is -2.11. The van der Waals surface area contributed by atoms with Crippen molar-refractivity contribution in [3.05, 3.63) is 71.5 Å². The van der Waals surface area contributed by atoms with E-state index in [0.29, 0.717) is 12.1 Å². The number of aromatic nitrogens is 3. The zero-order valence-electron chi connectivity index (χ0n) is 12.3. The van der Waals surface area contributed by atoms with Crippen LogP contribution in [0, 0.1) is 0 Å². The molecule has 0 bridgehead atoms. The van der Waals surface area contributed by atoms with Crippen molar-refractivity contribution in [1.29, 1.82) is 0 Å². The molecule has 0 amide bonds. The zero-order chi connectivity index (χ0) is 15.4. The van der Waals surface area contributed by atoms with Crippen molar-refractivity contribution in [3.8, 4) is 5.69 Å². The summed E-state index contributed by atoms with van der Waals surface area (Å²) in [6.45, 7) is -0.107. The maximum Gasteiger partial charge on any atom is 0.112 e. The highest BCUT2D eigenvalue weighted by Crippen LogP contribution is 2.21. The van der Waals surface area contributed by atoms with Gasteiger partial charge in [0.1, 0.15) is 5.69 Å². The van der Waals surface area contributed by atoms with Crippen molar-refractivity contribution in [2.45, 2.75) is 17.9 Å². The molecule has 3 aromatic rings. The Labute approximate surface area is 133 Å². The van der Waals surface area contributed by atoms with Crippen LogP contribution in [-0.2, 0) is 13.0 Å². The third-order valence-electron chi connectivity index (χ3n) is 3.51. The fraction of sp³-hybridized carbons (Fsp3) is 0.176. The predicted octanol–water partition coefficient (Wildman–Crippen LogP) is 3.07. The molecule has 0 fully saturated rings. The average Bonchev–Trinajstić information content (AvgIpc) is 2.98. The third kappa shape index (κ3) is 3.05. The van der Waals surface area contributed by atoms with Crippen LogP contribution in [0.4, 0.5) is 0 Å². The number of benzene rings is 2. The van der Waals surface area contributed by atoms with Crippen LogP contribution >= 0.6 is 11.8 Å². The minimum absolute atomic E-state index is 0.107. The Balaban J connectivity index is 2.03. The first kappa shape index (κ1) is 14.8. The molecule has 112 valence electrons. The number of aliphatic hydroxyl groups excluding tert-OH is 1. The lowest BCUT2D eigenvalue weighted by molar-refractivity contribution is 0.275. The molecule has 0 saturated carbocycles. The minimum Gasteiger partial charge on any atom is -0.390 e. The monoisotopic (exact) mass is 311 g/mol. The van der Waals surface area contributed by atoms with Gasteiger partial charge in [-0.05, 0) is 30.0 Å². The first-order valence-electron chi connectivity index (χ1n) is 7.04. The molecule has 3 rings (SSSR count). The second kappa shape index (κ2) is 6.77. The average molecular weight is 311 g/mol. The van der Waals surface area contributed by atoms with Crippen LogP contribution in [0.25, 0.3) is 5.69 Å². The SMILES string of the molecule is CSc1cccc(-n2nnc(CO)c2Cc2ccccc2)c1. The highest BCUT2D eigenvalue weighted by Gasteiger charge is 2.14. The lowest BCUT2D eigenvalue weighted by Crippen LogP contribution is -2.05. The van der Waals surface area contributed by atoms with Crippen molar-refractivity contribution in [3.63, 3.8) is 0 Å². The fourth-order valence-corrected chi connectivity index (χ4v) is 2.82. The van der Waals surface area contributed by atoms with Gasteiger partial charge in [-0.25, -0.2) is 4.68 Å². The van der Waals surface area contributed by atoms with Crippen molar-refractivity contribution in [1.82, 2.24) is 15.0 Å². The largest absolute Gasteiger partial charge is 0.390 e. The molecular weight excluding hydrogens is 294 g/mol. The number of thioether (sulfide) groups is 1. The summed E-state index contributed by atoms with van der Waals surface area (Å²) in [6.07, 6.45) is 2.73. The van der Waals surface area contributed by atoms with E-state index in [1.807, 2.05) is 41.3 Å². The normalized spacial score (nSPS) is 10.8. The van der Waals surface area contributed by atoms with Gasteiger partial charge in [0.2, 0.25) is 0 Å². The molecule has 0 radical (unpaired) electrons. The maximum absolute atomic E-state index is 9.54. The highest BCUT2D eigenvalue weighted by molar-refractivity contribution is 7.98. The van der Waals surface area contributed by atoms with Crippen molar-refractivity contribution in [2.75, 3.05) is 6.26 Å². The van der Waals surface area contributed by atoms with Gasteiger partial charge in [0.05, 0.1) is 18.0 Å². The van der Waals surface area contributed by atoms with Crippen LogP contribution in [0.2, 0.25) is 0 Å². The van der Waals surface area contributed by atoms with Crippen molar-refractivity contribution >= 4 is 11.8 Å². The molecular formula is C17H17N3OS. The number of aliphatic hydroxyl groups is 1. The van der Waals surface area contributed by atoms with Crippen LogP contribution in [0.5, 0.6) is 0 Å². The summed E-state index contributed by atoms with van der Waals surface area (Å²) in [6, 6.07) is 18.3. The van der Waals surface area contributed by atoms with E-state index in [9.17, 15) is 5.11 Å². The van der Waals surface area contributed by atoms with E-state index in [1.54, 1.807) is 11.8 Å². The van der Waals surface area contributed by atoms with Crippen molar-refractivity contribution in [2.24, 2.45) is 0 Å². The summed E-state index contributed by atoms with van der Waals surface area (Å²) in [4.78, 5) is 1.17. The number of hydrogen-bond donors (Lipinski definition) is 1. The summed E-state index contributed by atoms with van der Waals surface area (Å²) < 4.78 is 1.82. The molecule has 0 atom stereocenters. The van der Waals surface area contributed by atoms with E-state index in [-0.39, 0.29) is 6.61 Å². The van der Waals surface area contributed by atoms with Gasteiger partial charge in [-0.15, -0.1) is 16.9 Å². The molecule has 0 aliphatic heterocycles. The second-order valence-electron chi connectivity index (χ2n) is 4.92. The van der Waals surface area contributed by atoms with Crippen LogP contribution < -0.4 is 0 Å². The highest BCUT2D eigenvalue weighted by atomic mass is 32.2. The molecule has 0 spiro atoms. The maximum atomic E-state index is 9.54. The first-order chi connectivity index (χ1) is 10.8. The summed E-state index contributed by atoms with van der Waals surface area (Å²) >= 11 is 1.69. The van der Waals surface area contributed by atoms with Crippen LogP contribution in [-0.4, -0.2) is 26.4 Å². The Kier molecular flexibility index (Phi) is 4.56. The van der Waals surface area contributed by atoms with Gasteiger partial charge in [-0.2, -0.15) is 0 Å². The van der Waals surface area contributed by atoms with Crippen LogP contribution in [0.15, 0.2) is 59.5 Å². The molecule has 1 N–H and O–H groups in total. The van der Waals surface area contributed by atoms with E-state index in [1.165, 1.54) is 10.5 Å². The number of hydrogen-bond acceptors (Lipinski definition) is 4. The Morgan fingerprint density at radius 2 is 1.91 bits per heavy atom. The Bertz CT molecular complexity index is 756. The lowest BCUT2D eigenvalue weighted by atomic mass is 10.1. The molecule has 1 aromatic heterocycles. The molecule has 2 aromatic carbocycles. The van der Waals surface area contributed by atoms with Crippen LogP contribution in [0.3, 0.4) is 0 Å². The number of rotatable bonds is 5. The van der Waals surface area contributed by atoms with E-state index < -0.39 is 0 Å². The van der Waals surface area contributed by atoms with Gasteiger partial charge < -0.3 is 5.11 Å². The van der Waals surface area contributed by atoms with Crippen LogP contribution in [0.1, 0.15) is 17.0 Å². The van der Waals surface area contributed by atoms with Gasteiger partial charge >= 0.3 is 0 Å². The fourth-order valence-electron chi connectivity index (χ4n) is 2.37. The molecule has 1 heterocycles. The lowest BCUT2D eigenvalue weighted by Gasteiger charge is -2.09. The molecule has 4 nitrogen and oxygen atoms in total. The van der Waals surface area contributed by atoms with Gasteiger partial charge in [0, 0.05) is 11.3 Å².